The van der Waals surface area contributed by atoms with Gasteiger partial charge in [-0.2, -0.15) is 8.42 Å². The highest BCUT2D eigenvalue weighted by atomic mass is 32.2. The standard InChI is InChI=1S/C14H23NO6S/c1-3-4-10-21-13(17)8-6-5-7-9-15-12(16)11-14(20-2)22(15,18)19/h11H,3-10H2,1-2H3. The third kappa shape index (κ3) is 5.01. The fourth-order valence-corrected chi connectivity index (χ4v) is 3.31. The molecule has 0 bridgehead atoms. The Morgan fingerprint density at radius 2 is 1.95 bits per heavy atom. The van der Waals surface area contributed by atoms with E-state index in [1.54, 1.807) is 0 Å². The lowest BCUT2D eigenvalue weighted by atomic mass is 10.2. The van der Waals surface area contributed by atoms with Crippen molar-refractivity contribution in [2.24, 2.45) is 0 Å². The molecule has 0 N–H and O–H groups in total. The monoisotopic (exact) mass is 333 g/mol. The number of rotatable bonds is 10. The smallest absolute Gasteiger partial charge is 0.305 e. The average molecular weight is 333 g/mol. The van der Waals surface area contributed by atoms with E-state index < -0.39 is 15.9 Å². The van der Waals surface area contributed by atoms with E-state index in [2.05, 4.69) is 4.74 Å². The Labute approximate surface area is 131 Å². The first-order chi connectivity index (χ1) is 10.4. The van der Waals surface area contributed by atoms with Crippen molar-refractivity contribution < 1.29 is 27.5 Å². The van der Waals surface area contributed by atoms with Gasteiger partial charge in [0.15, 0.2) is 0 Å². The zero-order valence-electron chi connectivity index (χ0n) is 13.0. The zero-order chi connectivity index (χ0) is 16.6. The van der Waals surface area contributed by atoms with Gasteiger partial charge in [-0.25, -0.2) is 4.31 Å². The minimum Gasteiger partial charge on any atom is -0.485 e. The van der Waals surface area contributed by atoms with Gasteiger partial charge in [-0.3, -0.25) is 9.59 Å². The van der Waals surface area contributed by atoms with E-state index in [-0.39, 0.29) is 17.6 Å². The maximum atomic E-state index is 11.9. The van der Waals surface area contributed by atoms with Crippen LogP contribution in [0.1, 0.15) is 45.4 Å². The average Bonchev–Trinajstić information content (AvgIpc) is 2.69. The molecule has 0 radical (unpaired) electrons. The van der Waals surface area contributed by atoms with Crippen LogP contribution in [0.2, 0.25) is 0 Å². The van der Waals surface area contributed by atoms with Gasteiger partial charge in [0.2, 0.25) is 5.09 Å². The molecule has 0 atom stereocenters. The summed E-state index contributed by atoms with van der Waals surface area (Å²) in [5, 5.41) is -0.322. The van der Waals surface area contributed by atoms with Crippen molar-refractivity contribution in [3.8, 4) is 0 Å². The van der Waals surface area contributed by atoms with E-state index in [0.717, 1.165) is 23.2 Å². The Kier molecular flexibility index (Phi) is 7.37. The number of carbonyl (C=O) groups excluding carboxylic acids is 2. The van der Waals surface area contributed by atoms with Gasteiger partial charge in [0.25, 0.3) is 15.9 Å². The predicted molar refractivity (Wildman–Crippen MR) is 80.1 cm³/mol. The molecule has 0 aromatic heterocycles. The zero-order valence-corrected chi connectivity index (χ0v) is 13.9. The van der Waals surface area contributed by atoms with Gasteiger partial charge in [0.1, 0.15) is 0 Å². The lowest BCUT2D eigenvalue weighted by molar-refractivity contribution is -0.143. The highest BCUT2D eigenvalue weighted by molar-refractivity contribution is 7.93. The van der Waals surface area contributed by atoms with Crippen molar-refractivity contribution in [3.63, 3.8) is 0 Å². The molecule has 0 fully saturated rings. The van der Waals surface area contributed by atoms with Crippen LogP contribution in [0.4, 0.5) is 0 Å². The third-order valence-corrected chi connectivity index (χ3v) is 4.97. The Balaban J connectivity index is 2.23. The summed E-state index contributed by atoms with van der Waals surface area (Å²) in [6, 6.07) is 0. The molecule has 0 spiro atoms. The third-order valence-electron chi connectivity index (χ3n) is 3.24. The molecular weight excluding hydrogens is 310 g/mol. The number of amides is 1. The molecule has 0 aromatic carbocycles. The molecule has 8 heteroatoms. The van der Waals surface area contributed by atoms with Crippen LogP contribution >= 0.6 is 0 Å². The summed E-state index contributed by atoms with van der Waals surface area (Å²) in [5.74, 6) is -0.822. The first-order valence-corrected chi connectivity index (χ1v) is 8.85. The van der Waals surface area contributed by atoms with Crippen LogP contribution < -0.4 is 0 Å². The van der Waals surface area contributed by atoms with Crippen LogP contribution in [-0.2, 0) is 29.1 Å². The summed E-state index contributed by atoms with van der Waals surface area (Å²) >= 11 is 0. The Morgan fingerprint density at radius 3 is 2.55 bits per heavy atom. The highest BCUT2D eigenvalue weighted by Crippen LogP contribution is 2.22. The maximum absolute atomic E-state index is 11.9. The number of nitrogens with zero attached hydrogens (tertiary/aromatic N) is 1. The number of ether oxygens (including phenoxy) is 2. The SMILES string of the molecule is CCCCOC(=O)CCCCCN1C(=O)C=C(OC)S1(=O)=O. The van der Waals surface area contributed by atoms with Gasteiger partial charge < -0.3 is 9.47 Å². The summed E-state index contributed by atoms with van der Waals surface area (Å²) in [4.78, 5) is 23.0. The minimum atomic E-state index is -3.81. The van der Waals surface area contributed by atoms with Gasteiger partial charge in [-0.05, 0) is 19.3 Å². The summed E-state index contributed by atoms with van der Waals surface area (Å²) in [6.07, 6.45) is 4.87. The van der Waals surface area contributed by atoms with E-state index in [1.807, 2.05) is 6.92 Å². The number of methoxy groups -OCH3 is 1. The summed E-state index contributed by atoms with van der Waals surface area (Å²) in [6.45, 7) is 2.56. The second kappa shape index (κ2) is 8.77. The Hall–Kier alpha value is -1.57. The van der Waals surface area contributed by atoms with Crippen LogP contribution in [0, 0.1) is 0 Å². The maximum Gasteiger partial charge on any atom is 0.305 e. The van der Waals surface area contributed by atoms with Crippen LogP contribution in [-0.4, -0.2) is 44.9 Å². The first-order valence-electron chi connectivity index (χ1n) is 7.41. The number of sulfonamides is 1. The van der Waals surface area contributed by atoms with Gasteiger partial charge in [-0.15, -0.1) is 0 Å². The van der Waals surface area contributed by atoms with Crippen molar-refractivity contribution in [1.29, 1.82) is 0 Å². The molecule has 0 saturated heterocycles. The first kappa shape index (κ1) is 18.5. The highest BCUT2D eigenvalue weighted by Gasteiger charge is 2.37. The van der Waals surface area contributed by atoms with Crippen molar-refractivity contribution in [2.75, 3.05) is 20.3 Å². The molecule has 0 aromatic rings. The predicted octanol–water partition coefficient (Wildman–Crippen LogP) is 1.55. The summed E-state index contributed by atoms with van der Waals surface area (Å²) < 4.78 is 34.3. The van der Waals surface area contributed by atoms with E-state index in [0.29, 0.717) is 32.3 Å². The topological polar surface area (TPSA) is 90.0 Å². The van der Waals surface area contributed by atoms with Crippen LogP contribution in [0.5, 0.6) is 0 Å². The normalized spacial score (nSPS) is 16.5. The second-order valence-electron chi connectivity index (χ2n) is 4.97. The molecule has 0 unspecified atom stereocenters. The molecule has 0 saturated carbocycles. The van der Waals surface area contributed by atoms with Crippen molar-refractivity contribution >= 4 is 21.9 Å². The minimum absolute atomic E-state index is 0.0927. The Morgan fingerprint density at radius 1 is 1.23 bits per heavy atom. The van der Waals surface area contributed by atoms with Crippen LogP contribution in [0.15, 0.2) is 11.2 Å². The molecule has 1 rings (SSSR count). The van der Waals surface area contributed by atoms with Crippen molar-refractivity contribution in [1.82, 2.24) is 4.31 Å². The van der Waals surface area contributed by atoms with E-state index in [1.165, 1.54) is 7.11 Å². The van der Waals surface area contributed by atoms with E-state index in [9.17, 15) is 18.0 Å². The molecular formula is C14H23NO6S. The van der Waals surface area contributed by atoms with Gasteiger partial charge >= 0.3 is 5.97 Å². The number of unbranched alkanes of at least 4 members (excludes halogenated alkanes) is 3. The molecule has 1 aliphatic heterocycles. The quantitative estimate of drug-likeness (QED) is 0.445. The molecule has 1 heterocycles. The number of hydrogen-bond donors (Lipinski definition) is 0. The second-order valence-corrected chi connectivity index (χ2v) is 6.76. The summed E-state index contributed by atoms with van der Waals surface area (Å²) in [5.41, 5.74) is 0. The molecule has 0 aliphatic carbocycles. The van der Waals surface area contributed by atoms with Gasteiger partial charge in [0, 0.05) is 13.0 Å². The number of hydrogen-bond acceptors (Lipinski definition) is 6. The number of carbonyl (C=O) groups is 2. The Bertz CT molecular complexity index is 525. The van der Waals surface area contributed by atoms with E-state index in [4.69, 9.17) is 4.74 Å². The lowest BCUT2D eigenvalue weighted by Gasteiger charge is -2.15. The van der Waals surface area contributed by atoms with Gasteiger partial charge in [0.05, 0.1) is 19.8 Å². The van der Waals surface area contributed by atoms with Crippen molar-refractivity contribution in [3.05, 3.63) is 11.2 Å². The van der Waals surface area contributed by atoms with E-state index >= 15 is 0 Å². The molecule has 22 heavy (non-hydrogen) atoms. The fourth-order valence-electron chi connectivity index (χ4n) is 1.97. The van der Waals surface area contributed by atoms with Crippen LogP contribution in [0.25, 0.3) is 0 Å². The molecule has 1 aliphatic rings. The fraction of sp³-hybridized carbons (Fsp3) is 0.714. The number of esters is 1. The lowest BCUT2D eigenvalue weighted by Crippen LogP contribution is -2.32. The molecule has 1 amide bonds. The summed E-state index contributed by atoms with van der Waals surface area (Å²) in [7, 11) is -2.60. The molecule has 7 nitrogen and oxygen atoms in total. The van der Waals surface area contributed by atoms with Crippen molar-refractivity contribution in [2.45, 2.75) is 45.4 Å². The molecule has 126 valence electrons. The van der Waals surface area contributed by atoms with Crippen LogP contribution in [0.3, 0.4) is 0 Å². The largest absolute Gasteiger partial charge is 0.485 e. The van der Waals surface area contributed by atoms with Gasteiger partial charge in [-0.1, -0.05) is 19.8 Å².